The van der Waals surface area contributed by atoms with E-state index in [4.69, 9.17) is 9.97 Å². The normalized spacial score (nSPS) is 11.0. The molecule has 0 fully saturated rings. The van der Waals surface area contributed by atoms with Gasteiger partial charge in [-0.1, -0.05) is 144 Å². The highest BCUT2D eigenvalue weighted by atomic mass is 14.9. The van der Waals surface area contributed by atoms with Crippen molar-refractivity contribution in [1.29, 1.82) is 0 Å². The molecule has 2 heteroatoms. The van der Waals surface area contributed by atoms with Crippen LogP contribution in [0, 0.1) is 20.8 Å². The Balaban J connectivity index is 1.38. The monoisotopic (exact) mass is 578 g/mol. The van der Waals surface area contributed by atoms with E-state index in [1.54, 1.807) is 0 Å². The first-order chi connectivity index (χ1) is 22.0. The van der Waals surface area contributed by atoms with Crippen LogP contribution in [-0.4, -0.2) is 9.97 Å². The molecule has 216 valence electrons. The molecular weight excluding hydrogens is 544 g/mol. The van der Waals surface area contributed by atoms with Gasteiger partial charge in [-0.05, 0) is 78.4 Å². The summed E-state index contributed by atoms with van der Waals surface area (Å²) < 4.78 is 0. The number of hydrogen-bond donors (Lipinski definition) is 0. The average molecular weight is 579 g/mol. The molecule has 0 saturated heterocycles. The maximum atomic E-state index is 5.19. The molecule has 45 heavy (non-hydrogen) atoms. The van der Waals surface area contributed by atoms with Crippen LogP contribution in [0.3, 0.4) is 0 Å². The van der Waals surface area contributed by atoms with Crippen LogP contribution < -0.4 is 0 Å². The lowest BCUT2D eigenvalue weighted by Crippen LogP contribution is -1.96. The molecule has 0 bridgehead atoms. The minimum Gasteiger partial charge on any atom is -0.228 e. The molecule has 0 amide bonds. The van der Waals surface area contributed by atoms with E-state index in [9.17, 15) is 0 Å². The van der Waals surface area contributed by atoms with Crippen LogP contribution in [-0.2, 0) is 0 Å². The van der Waals surface area contributed by atoms with Crippen molar-refractivity contribution in [3.63, 3.8) is 0 Å². The highest BCUT2D eigenvalue weighted by molar-refractivity contribution is 5.79. The van der Waals surface area contributed by atoms with Crippen LogP contribution in [0.5, 0.6) is 0 Å². The van der Waals surface area contributed by atoms with Gasteiger partial charge in [-0.25, -0.2) is 9.97 Å². The van der Waals surface area contributed by atoms with Crippen molar-refractivity contribution in [2.45, 2.75) is 20.8 Å². The molecule has 0 atom stereocenters. The lowest BCUT2D eigenvalue weighted by Gasteiger charge is -2.12. The fourth-order valence-corrected chi connectivity index (χ4v) is 5.90. The lowest BCUT2D eigenvalue weighted by molar-refractivity contribution is 1.18. The van der Waals surface area contributed by atoms with Gasteiger partial charge in [-0.3, -0.25) is 0 Å². The van der Waals surface area contributed by atoms with Gasteiger partial charge < -0.3 is 0 Å². The summed E-state index contributed by atoms with van der Waals surface area (Å²) in [5.74, 6) is 0.707. The predicted octanol–water partition coefficient (Wildman–Crippen LogP) is 11.4. The van der Waals surface area contributed by atoms with Crippen molar-refractivity contribution in [3.05, 3.63) is 168 Å². The number of aryl methyl sites for hydroxylation is 3. The zero-order valence-corrected chi connectivity index (χ0v) is 25.8. The van der Waals surface area contributed by atoms with Gasteiger partial charge in [0, 0.05) is 16.7 Å². The van der Waals surface area contributed by atoms with Crippen LogP contribution in [0.2, 0.25) is 0 Å². The van der Waals surface area contributed by atoms with Crippen molar-refractivity contribution >= 4 is 0 Å². The number of nitrogens with zero attached hydrogens (tertiary/aromatic N) is 2. The highest BCUT2D eigenvalue weighted by Gasteiger charge is 2.13. The third kappa shape index (κ3) is 6.23. The molecule has 7 rings (SSSR count). The summed E-state index contributed by atoms with van der Waals surface area (Å²) in [6, 6.07) is 53.9. The quantitative estimate of drug-likeness (QED) is 0.196. The van der Waals surface area contributed by atoms with Crippen LogP contribution in [0.25, 0.3) is 67.3 Å². The van der Waals surface area contributed by atoms with Crippen LogP contribution >= 0.6 is 0 Å². The Morgan fingerprint density at radius 3 is 0.956 bits per heavy atom. The summed E-state index contributed by atoms with van der Waals surface area (Å²) >= 11 is 0. The zero-order valence-electron chi connectivity index (χ0n) is 25.8. The van der Waals surface area contributed by atoms with Gasteiger partial charge in [0.2, 0.25) is 0 Å². The topological polar surface area (TPSA) is 25.8 Å². The van der Waals surface area contributed by atoms with Gasteiger partial charge in [-0.2, -0.15) is 0 Å². The molecule has 0 spiro atoms. The molecule has 6 aromatic carbocycles. The molecule has 0 aliphatic heterocycles. The van der Waals surface area contributed by atoms with E-state index >= 15 is 0 Å². The minimum absolute atomic E-state index is 0.707. The SMILES string of the molecule is Cc1cccc(-c2cccc(-c3cc(-c4cccc(-c5cccc(C)c5)c4)nc(-c4cccc(-c5cccc(C)c5)c4)n3)c2)c1. The van der Waals surface area contributed by atoms with E-state index in [0.717, 1.165) is 33.6 Å². The third-order valence-electron chi connectivity index (χ3n) is 8.22. The number of rotatable bonds is 6. The third-order valence-corrected chi connectivity index (χ3v) is 8.22. The molecule has 0 aliphatic rings. The Hall–Kier alpha value is -5.60. The molecule has 0 aliphatic carbocycles. The standard InChI is InChI=1S/C43H34N2/c1-29-10-4-13-32(22-29)35-16-7-19-38(25-35)41-28-42(39-20-8-17-36(26-39)33-14-5-11-30(2)23-33)45-43(44-41)40-21-9-18-37(27-40)34-15-6-12-31(3)24-34/h4-28H,1-3H3. The Bertz CT molecular complexity index is 1900. The summed E-state index contributed by atoms with van der Waals surface area (Å²) in [5, 5.41) is 0. The Morgan fingerprint density at radius 2 is 0.578 bits per heavy atom. The molecule has 2 nitrogen and oxygen atoms in total. The minimum atomic E-state index is 0.707. The molecule has 0 radical (unpaired) electrons. The number of hydrogen-bond acceptors (Lipinski definition) is 2. The smallest absolute Gasteiger partial charge is 0.160 e. The van der Waals surface area contributed by atoms with E-state index in [1.807, 2.05) is 0 Å². The summed E-state index contributed by atoms with van der Waals surface area (Å²) in [5.41, 5.74) is 15.7. The van der Waals surface area contributed by atoms with Crippen molar-refractivity contribution < 1.29 is 0 Å². The summed E-state index contributed by atoms with van der Waals surface area (Å²) in [7, 11) is 0. The molecule has 1 aromatic heterocycles. The van der Waals surface area contributed by atoms with E-state index in [-0.39, 0.29) is 0 Å². The van der Waals surface area contributed by atoms with Gasteiger partial charge in [0.1, 0.15) is 0 Å². The first-order valence-corrected chi connectivity index (χ1v) is 15.4. The molecule has 0 unspecified atom stereocenters. The zero-order chi connectivity index (χ0) is 30.8. The van der Waals surface area contributed by atoms with Gasteiger partial charge in [0.25, 0.3) is 0 Å². The largest absolute Gasteiger partial charge is 0.228 e. The van der Waals surface area contributed by atoms with Gasteiger partial charge in [0.15, 0.2) is 5.82 Å². The second kappa shape index (κ2) is 12.2. The number of aromatic nitrogens is 2. The Kier molecular flexibility index (Phi) is 7.63. The van der Waals surface area contributed by atoms with Crippen molar-refractivity contribution in [3.8, 4) is 67.3 Å². The fraction of sp³-hybridized carbons (Fsp3) is 0.0698. The van der Waals surface area contributed by atoms with Crippen LogP contribution in [0.4, 0.5) is 0 Å². The van der Waals surface area contributed by atoms with Crippen LogP contribution in [0.1, 0.15) is 16.7 Å². The van der Waals surface area contributed by atoms with E-state index in [1.165, 1.54) is 44.5 Å². The molecular formula is C43H34N2. The fourth-order valence-electron chi connectivity index (χ4n) is 5.90. The van der Waals surface area contributed by atoms with E-state index < -0.39 is 0 Å². The first kappa shape index (κ1) is 28.2. The highest BCUT2D eigenvalue weighted by Crippen LogP contribution is 2.33. The summed E-state index contributed by atoms with van der Waals surface area (Å²) in [6.07, 6.45) is 0. The average Bonchev–Trinajstić information content (AvgIpc) is 3.08. The van der Waals surface area contributed by atoms with Gasteiger partial charge in [-0.15, -0.1) is 0 Å². The molecule has 0 saturated carbocycles. The first-order valence-electron chi connectivity index (χ1n) is 15.4. The van der Waals surface area contributed by atoms with Crippen molar-refractivity contribution in [1.82, 2.24) is 9.97 Å². The van der Waals surface area contributed by atoms with Crippen molar-refractivity contribution in [2.24, 2.45) is 0 Å². The van der Waals surface area contributed by atoms with E-state index in [2.05, 4.69) is 172 Å². The van der Waals surface area contributed by atoms with Crippen LogP contribution in [0.15, 0.2) is 152 Å². The second-order valence-electron chi connectivity index (χ2n) is 11.8. The summed E-state index contributed by atoms with van der Waals surface area (Å²) in [6.45, 7) is 6.39. The van der Waals surface area contributed by atoms with Gasteiger partial charge in [0.05, 0.1) is 11.4 Å². The maximum Gasteiger partial charge on any atom is 0.160 e. The molecule has 0 N–H and O–H groups in total. The molecule has 1 heterocycles. The Labute approximate surface area is 265 Å². The lowest BCUT2D eigenvalue weighted by atomic mass is 9.98. The summed E-state index contributed by atoms with van der Waals surface area (Å²) in [4.78, 5) is 10.4. The maximum absolute atomic E-state index is 5.19. The predicted molar refractivity (Wildman–Crippen MR) is 189 cm³/mol. The molecule has 7 aromatic rings. The number of benzene rings is 6. The van der Waals surface area contributed by atoms with E-state index in [0.29, 0.717) is 5.82 Å². The van der Waals surface area contributed by atoms with Crippen molar-refractivity contribution in [2.75, 3.05) is 0 Å². The Morgan fingerprint density at radius 1 is 0.289 bits per heavy atom. The van der Waals surface area contributed by atoms with Gasteiger partial charge >= 0.3 is 0 Å². The second-order valence-corrected chi connectivity index (χ2v) is 11.8.